The maximum atomic E-state index is 12.7. The standard InChI is InChI=1S/C10H8ClF4NO2/c11-7-3-6(12)1-2-8(7)18-4-9(17)16-5-10(13,14)15/h1-3H,4-5H2,(H,16,17). The van der Waals surface area contributed by atoms with Crippen LogP contribution in [0.25, 0.3) is 0 Å². The fourth-order valence-corrected chi connectivity index (χ4v) is 1.21. The fraction of sp³-hybridized carbons (Fsp3) is 0.300. The molecule has 0 fully saturated rings. The zero-order valence-corrected chi connectivity index (χ0v) is 9.61. The summed E-state index contributed by atoms with van der Waals surface area (Å²) in [5.74, 6) is -1.53. The number of ether oxygens (including phenoxy) is 1. The van der Waals surface area contributed by atoms with Gasteiger partial charge in [0.05, 0.1) is 5.02 Å². The second-order valence-electron chi connectivity index (χ2n) is 3.26. The van der Waals surface area contributed by atoms with Gasteiger partial charge in [-0.25, -0.2) is 4.39 Å². The molecule has 0 unspecified atom stereocenters. The molecule has 1 N–H and O–H groups in total. The number of benzene rings is 1. The van der Waals surface area contributed by atoms with Crippen LogP contribution in [0.2, 0.25) is 5.02 Å². The number of amides is 1. The number of hydrogen-bond donors (Lipinski definition) is 1. The minimum absolute atomic E-state index is 0.0141. The van der Waals surface area contributed by atoms with E-state index in [4.69, 9.17) is 16.3 Å². The Hall–Kier alpha value is -1.50. The van der Waals surface area contributed by atoms with Crippen LogP contribution in [-0.4, -0.2) is 25.2 Å². The third kappa shape index (κ3) is 5.22. The van der Waals surface area contributed by atoms with Crippen molar-refractivity contribution in [1.82, 2.24) is 5.32 Å². The van der Waals surface area contributed by atoms with Crippen molar-refractivity contribution >= 4 is 17.5 Å². The Morgan fingerprint density at radius 1 is 1.39 bits per heavy atom. The highest BCUT2D eigenvalue weighted by molar-refractivity contribution is 6.32. The molecule has 0 aromatic heterocycles. The van der Waals surface area contributed by atoms with Crippen molar-refractivity contribution < 1.29 is 27.1 Å². The molecule has 0 radical (unpaired) electrons. The van der Waals surface area contributed by atoms with Crippen LogP contribution in [0, 0.1) is 5.82 Å². The molecule has 8 heteroatoms. The molecule has 1 amide bonds. The minimum atomic E-state index is -4.48. The highest BCUT2D eigenvalue weighted by Crippen LogP contribution is 2.24. The number of carbonyl (C=O) groups is 1. The lowest BCUT2D eigenvalue weighted by molar-refractivity contribution is -0.139. The highest BCUT2D eigenvalue weighted by Gasteiger charge is 2.27. The summed E-state index contributed by atoms with van der Waals surface area (Å²) in [6.45, 7) is -2.08. The SMILES string of the molecule is O=C(COc1ccc(F)cc1Cl)NCC(F)(F)F. The van der Waals surface area contributed by atoms with Crippen LogP contribution in [0.15, 0.2) is 18.2 Å². The first-order chi connectivity index (χ1) is 8.28. The highest BCUT2D eigenvalue weighted by atomic mass is 35.5. The molecule has 1 aromatic rings. The van der Waals surface area contributed by atoms with Gasteiger partial charge in [0, 0.05) is 0 Å². The Kier molecular flexibility index (Phi) is 4.77. The fourth-order valence-electron chi connectivity index (χ4n) is 0.985. The normalized spacial score (nSPS) is 11.2. The van der Waals surface area contributed by atoms with E-state index in [1.54, 1.807) is 5.32 Å². The molecule has 100 valence electrons. The van der Waals surface area contributed by atoms with Crippen molar-refractivity contribution in [2.45, 2.75) is 6.18 Å². The molecule has 3 nitrogen and oxygen atoms in total. The van der Waals surface area contributed by atoms with Gasteiger partial charge in [0.2, 0.25) is 0 Å². The van der Waals surface area contributed by atoms with E-state index >= 15 is 0 Å². The molecule has 18 heavy (non-hydrogen) atoms. The number of alkyl halides is 3. The summed E-state index contributed by atoms with van der Waals surface area (Å²) >= 11 is 5.59. The van der Waals surface area contributed by atoms with E-state index in [-0.39, 0.29) is 10.8 Å². The van der Waals surface area contributed by atoms with Crippen molar-refractivity contribution in [2.24, 2.45) is 0 Å². The van der Waals surface area contributed by atoms with E-state index in [1.807, 2.05) is 0 Å². The molecule has 1 rings (SSSR count). The molecule has 0 saturated carbocycles. The van der Waals surface area contributed by atoms with Gasteiger partial charge in [-0.2, -0.15) is 13.2 Å². The number of carbonyl (C=O) groups excluding carboxylic acids is 1. The van der Waals surface area contributed by atoms with Crippen molar-refractivity contribution in [3.05, 3.63) is 29.0 Å². The first-order valence-electron chi connectivity index (χ1n) is 4.69. The predicted octanol–water partition coefficient (Wildman–Crippen LogP) is 2.54. The lowest BCUT2D eigenvalue weighted by atomic mass is 10.3. The quantitative estimate of drug-likeness (QED) is 0.864. The zero-order valence-electron chi connectivity index (χ0n) is 8.85. The van der Waals surface area contributed by atoms with Gasteiger partial charge in [0.1, 0.15) is 18.1 Å². The minimum Gasteiger partial charge on any atom is -0.482 e. The average molecular weight is 286 g/mol. The van der Waals surface area contributed by atoms with Crippen molar-refractivity contribution in [2.75, 3.05) is 13.2 Å². The second-order valence-corrected chi connectivity index (χ2v) is 3.66. The van der Waals surface area contributed by atoms with E-state index < -0.39 is 31.1 Å². The van der Waals surface area contributed by atoms with E-state index in [2.05, 4.69) is 0 Å². The smallest absolute Gasteiger partial charge is 0.405 e. The molecule has 1 aromatic carbocycles. The summed E-state index contributed by atoms with van der Waals surface area (Å²) < 4.78 is 52.8. The lowest BCUT2D eigenvalue weighted by Gasteiger charge is -2.10. The van der Waals surface area contributed by atoms with Crippen LogP contribution in [0.5, 0.6) is 5.75 Å². The monoisotopic (exact) mass is 285 g/mol. The van der Waals surface area contributed by atoms with Crippen molar-refractivity contribution in [3.63, 3.8) is 0 Å². The number of rotatable bonds is 4. The van der Waals surface area contributed by atoms with Crippen LogP contribution < -0.4 is 10.1 Å². The summed E-state index contributed by atoms with van der Waals surface area (Å²) in [6.07, 6.45) is -4.48. The third-order valence-corrected chi connectivity index (χ3v) is 2.03. The van der Waals surface area contributed by atoms with Crippen LogP contribution in [0.4, 0.5) is 17.6 Å². The van der Waals surface area contributed by atoms with Crippen LogP contribution in [0.1, 0.15) is 0 Å². The number of halogens is 5. The Labute approximate surface area is 105 Å². The number of nitrogens with one attached hydrogen (secondary N) is 1. The van der Waals surface area contributed by atoms with E-state index in [0.29, 0.717) is 0 Å². The largest absolute Gasteiger partial charge is 0.482 e. The molecule has 0 spiro atoms. The molecule has 0 heterocycles. The first kappa shape index (κ1) is 14.6. The summed E-state index contributed by atoms with van der Waals surface area (Å²) in [6, 6.07) is 3.19. The van der Waals surface area contributed by atoms with Gasteiger partial charge < -0.3 is 10.1 Å². The molecule has 0 aliphatic carbocycles. The molecule has 0 bridgehead atoms. The van der Waals surface area contributed by atoms with Crippen molar-refractivity contribution in [1.29, 1.82) is 0 Å². The lowest BCUT2D eigenvalue weighted by Crippen LogP contribution is -2.36. The molecular weight excluding hydrogens is 278 g/mol. The van der Waals surface area contributed by atoms with Gasteiger partial charge in [-0.1, -0.05) is 11.6 Å². The second kappa shape index (κ2) is 5.90. The molecule has 0 saturated heterocycles. The Bertz CT molecular complexity index is 436. The molecule has 0 atom stereocenters. The van der Waals surface area contributed by atoms with Crippen molar-refractivity contribution in [3.8, 4) is 5.75 Å². The van der Waals surface area contributed by atoms with Crippen LogP contribution in [0.3, 0.4) is 0 Å². The van der Waals surface area contributed by atoms with Gasteiger partial charge in [0.15, 0.2) is 6.61 Å². The van der Waals surface area contributed by atoms with Gasteiger partial charge in [-0.3, -0.25) is 4.79 Å². The summed E-state index contributed by atoms with van der Waals surface area (Å²) in [4.78, 5) is 11.0. The summed E-state index contributed by atoms with van der Waals surface area (Å²) in [5, 5.41) is 1.55. The van der Waals surface area contributed by atoms with Gasteiger partial charge >= 0.3 is 6.18 Å². The van der Waals surface area contributed by atoms with Crippen LogP contribution in [-0.2, 0) is 4.79 Å². The summed E-state index contributed by atoms with van der Waals surface area (Å²) in [5.41, 5.74) is 0. The maximum Gasteiger partial charge on any atom is 0.405 e. The van der Waals surface area contributed by atoms with E-state index in [0.717, 1.165) is 12.1 Å². The Balaban J connectivity index is 2.43. The summed E-state index contributed by atoms with van der Waals surface area (Å²) in [7, 11) is 0. The topological polar surface area (TPSA) is 38.3 Å². The zero-order chi connectivity index (χ0) is 13.8. The van der Waals surface area contributed by atoms with Gasteiger partial charge in [0.25, 0.3) is 5.91 Å². The third-order valence-electron chi connectivity index (χ3n) is 1.74. The van der Waals surface area contributed by atoms with Crippen LogP contribution >= 0.6 is 11.6 Å². The first-order valence-corrected chi connectivity index (χ1v) is 5.07. The molecule has 0 aliphatic heterocycles. The maximum absolute atomic E-state index is 12.7. The molecular formula is C10H8ClF4NO2. The van der Waals surface area contributed by atoms with E-state index in [9.17, 15) is 22.4 Å². The van der Waals surface area contributed by atoms with E-state index in [1.165, 1.54) is 6.07 Å². The average Bonchev–Trinajstić information content (AvgIpc) is 2.24. The Morgan fingerprint density at radius 3 is 2.61 bits per heavy atom. The number of hydrogen-bond acceptors (Lipinski definition) is 2. The van der Waals surface area contributed by atoms with Gasteiger partial charge in [-0.15, -0.1) is 0 Å². The van der Waals surface area contributed by atoms with Gasteiger partial charge in [-0.05, 0) is 18.2 Å². The Morgan fingerprint density at radius 2 is 2.06 bits per heavy atom. The molecule has 0 aliphatic rings. The predicted molar refractivity (Wildman–Crippen MR) is 56.0 cm³/mol.